The lowest BCUT2D eigenvalue weighted by Crippen LogP contribution is -2.29. The summed E-state index contributed by atoms with van der Waals surface area (Å²) in [5.74, 6) is 7.45. The van der Waals surface area contributed by atoms with Crippen LogP contribution in [-0.2, 0) is 11.2 Å². The van der Waals surface area contributed by atoms with E-state index in [1.165, 1.54) is 38.6 Å². The smallest absolute Gasteiger partial charge is 0.122 e. The van der Waals surface area contributed by atoms with Crippen molar-refractivity contribution in [2.75, 3.05) is 6.61 Å². The van der Waals surface area contributed by atoms with Crippen molar-refractivity contribution in [1.29, 1.82) is 0 Å². The van der Waals surface area contributed by atoms with Gasteiger partial charge in [0, 0.05) is 5.56 Å². The van der Waals surface area contributed by atoms with Crippen molar-refractivity contribution in [3.8, 4) is 28.7 Å². The average Bonchev–Trinajstić information content (AvgIpc) is 2.74. The molecule has 1 aliphatic rings. The molecule has 34 heavy (non-hydrogen) atoms. The minimum atomic E-state index is -0.538. The Kier molecular flexibility index (Phi) is 6.51. The number of hydrogen-bond acceptors (Lipinski definition) is 3. The first-order valence-corrected chi connectivity index (χ1v) is 12.2. The second-order valence-electron chi connectivity index (χ2n) is 11.0. The molecule has 1 aliphatic heterocycles. The maximum absolute atomic E-state index is 6.48. The first-order valence-electron chi connectivity index (χ1n) is 12.2. The van der Waals surface area contributed by atoms with Gasteiger partial charge in [0.05, 0.1) is 23.9 Å². The summed E-state index contributed by atoms with van der Waals surface area (Å²) in [6.07, 6.45) is 2.03. The van der Waals surface area contributed by atoms with E-state index < -0.39 is 5.54 Å². The summed E-state index contributed by atoms with van der Waals surface area (Å²) in [5.41, 5.74) is 12.4. The zero-order valence-corrected chi connectivity index (χ0v) is 21.6. The first-order chi connectivity index (χ1) is 15.9. The predicted molar refractivity (Wildman–Crippen MR) is 142 cm³/mol. The molecule has 3 nitrogen and oxygen atoms in total. The van der Waals surface area contributed by atoms with Gasteiger partial charge >= 0.3 is 0 Å². The van der Waals surface area contributed by atoms with Crippen molar-refractivity contribution in [3.05, 3.63) is 64.7 Å². The van der Waals surface area contributed by atoms with Crippen molar-refractivity contribution < 1.29 is 9.47 Å². The molecule has 0 radical (unpaired) electrons. The van der Waals surface area contributed by atoms with Crippen LogP contribution in [0.1, 0.15) is 76.3 Å². The highest BCUT2D eigenvalue weighted by Crippen LogP contribution is 2.42. The average molecular weight is 456 g/mol. The van der Waals surface area contributed by atoms with Crippen LogP contribution in [0.5, 0.6) is 5.75 Å². The number of ether oxygens (including phenoxy) is 2. The summed E-state index contributed by atoms with van der Waals surface area (Å²) < 4.78 is 12.4. The number of aryl methyl sites for hydroxylation is 2. The summed E-state index contributed by atoms with van der Waals surface area (Å²) in [7, 11) is 0. The summed E-state index contributed by atoms with van der Waals surface area (Å²) in [6.45, 7) is 15.3. The molecule has 0 amide bonds. The van der Waals surface area contributed by atoms with Gasteiger partial charge in [-0.2, -0.15) is 0 Å². The molecule has 0 bridgehead atoms. The Morgan fingerprint density at radius 1 is 1.03 bits per heavy atom. The lowest BCUT2D eigenvalue weighted by atomic mass is 9.86. The highest BCUT2D eigenvalue weighted by atomic mass is 16.5. The van der Waals surface area contributed by atoms with Crippen LogP contribution in [0.4, 0.5) is 0 Å². The van der Waals surface area contributed by atoms with Crippen molar-refractivity contribution in [3.63, 3.8) is 0 Å². The minimum absolute atomic E-state index is 0.0654. The zero-order chi connectivity index (χ0) is 24.7. The molecule has 1 atom stereocenters. The van der Waals surface area contributed by atoms with Gasteiger partial charge in [0.2, 0.25) is 0 Å². The molecule has 1 unspecified atom stereocenters. The minimum Gasteiger partial charge on any atom is -0.493 e. The Balaban J connectivity index is 1.99. The van der Waals surface area contributed by atoms with E-state index in [-0.39, 0.29) is 11.7 Å². The lowest BCUT2D eigenvalue weighted by molar-refractivity contribution is -0.0529. The van der Waals surface area contributed by atoms with E-state index in [1.807, 2.05) is 13.8 Å². The van der Waals surface area contributed by atoms with E-state index in [9.17, 15) is 0 Å². The van der Waals surface area contributed by atoms with Crippen molar-refractivity contribution in [2.45, 2.75) is 78.6 Å². The number of nitrogens with two attached hydrogens (primary N) is 1. The summed E-state index contributed by atoms with van der Waals surface area (Å²) >= 11 is 0. The van der Waals surface area contributed by atoms with E-state index in [4.69, 9.17) is 15.2 Å². The van der Waals surface area contributed by atoms with Gasteiger partial charge in [-0.05, 0) is 124 Å². The molecule has 3 heteroatoms. The monoisotopic (exact) mass is 455 g/mol. The van der Waals surface area contributed by atoms with Crippen molar-refractivity contribution in [1.82, 2.24) is 0 Å². The second-order valence-corrected chi connectivity index (χ2v) is 11.0. The largest absolute Gasteiger partial charge is 0.493 e. The van der Waals surface area contributed by atoms with Crippen LogP contribution in [0.15, 0.2) is 42.5 Å². The predicted octanol–water partition coefficient (Wildman–Crippen LogP) is 7.11. The maximum Gasteiger partial charge on any atom is 0.122 e. The lowest BCUT2D eigenvalue weighted by Gasteiger charge is -2.29. The van der Waals surface area contributed by atoms with Gasteiger partial charge in [-0.3, -0.25) is 0 Å². The molecule has 4 rings (SSSR count). The molecule has 0 aliphatic carbocycles. The van der Waals surface area contributed by atoms with E-state index in [1.54, 1.807) is 0 Å². The van der Waals surface area contributed by atoms with Gasteiger partial charge in [0.15, 0.2) is 0 Å². The molecule has 0 fully saturated rings. The summed E-state index contributed by atoms with van der Waals surface area (Å²) in [4.78, 5) is 0. The van der Waals surface area contributed by atoms with Gasteiger partial charge in [-0.15, -0.1) is 0 Å². The Bertz CT molecular complexity index is 1280. The van der Waals surface area contributed by atoms with Crippen LogP contribution in [0.3, 0.4) is 0 Å². The van der Waals surface area contributed by atoms with Crippen LogP contribution < -0.4 is 10.5 Å². The molecule has 0 saturated heterocycles. The molecule has 0 saturated carbocycles. The standard InChI is InChI=1S/C31H37NO2/c1-20-17-23-11-10-22(14-15-31(6,7)32)18-26(23)29(28(20)21(2)34-30(3,4)5)25-12-13-27-24(19-25)9-8-16-33-27/h10-13,17-19,21H,8-9,16,32H2,1-7H3. The Labute approximate surface area is 204 Å². The number of rotatable bonds is 3. The number of hydrogen-bond donors (Lipinski definition) is 1. The molecular formula is C31H37NO2. The normalized spacial score (nSPS) is 14.7. The third-order valence-corrected chi connectivity index (χ3v) is 6.05. The Morgan fingerprint density at radius 2 is 1.79 bits per heavy atom. The molecule has 0 spiro atoms. The van der Waals surface area contributed by atoms with Crippen LogP contribution >= 0.6 is 0 Å². The molecule has 3 aromatic rings. The topological polar surface area (TPSA) is 44.5 Å². The summed E-state index contributed by atoms with van der Waals surface area (Å²) in [5, 5.41) is 2.38. The van der Waals surface area contributed by atoms with E-state index in [2.05, 4.69) is 88.9 Å². The van der Waals surface area contributed by atoms with E-state index in [0.717, 1.165) is 30.8 Å². The quantitative estimate of drug-likeness (QED) is 0.428. The highest BCUT2D eigenvalue weighted by Gasteiger charge is 2.24. The van der Waals surface area contributed by atoms with Crippen molar-refractivity contribution >= 4 is 10.8 Å². The fraction of sp³-hybridized carbons (Fsp3) is 0.419. The first kappa shape index (κ1) is 24.3. The van der Waals surface area contributed by atoms with Gasteiger partial charge in [0.25, 0.3) is 0 Å². The van der Waals surface area contributed by atoms with Gasteiger partial charge in [-0.25, -0.2) is 0 Å². The van der Waals surface area contributed by atoms with Gasteiger partial charge in [0.1, 0.15) is 5.75 Å². The number of benzene rings is 3. The van der Waals surface area contributed by atoms with E-state index in [0.29, 0.717) is 0 Å². The van der Waals surface area contributed by atoms with Crippen molar-refractivity contribution in [2.24, 2.45) is 5.73 Å². The van der Waals surface area contributed by atoms with Crippen LogP contribution in [0.25, 0.3) is 21.9 Å². The molecule has 178 valence electrons. The van der Waals surface area contributed by atoms with Gasteiger partial charge < -0.3 is 15.2 Å². The van der Waals surface area contributed by atoms with E-state index >= 15 is 0 Å². The zero-order valence-electron chi connectivity index (χ0n) is 21.6. The highest BCUT2D eigenvalue weighted by molar-refractivity contribution is 6.00. The maximum atomic E-state index is 6.48. The van der Waals surface area contributed by atoms with Crippen LogP contribution in [0, 0.1) is 18.8 Å². The number of fused-ring (bicyclic) bond motifs is 2. The van der Waals surface area contributed by atoms with Crippen LogP contribution in [0.2, 0.25) is 0 Å². The molecule has 3 aromatic carbocycles. The Morgan fingerprint density at radius 3 is 2.50 bits per heavy atom. The summed E-state index contributed by atoms with van der Waals surface area (Å²) in [6, 6.07) is 15.3. The molecular weight excluding hydrogens is 418 g/mol. The fourth-order valence-electron chi connectivity index (χ4n) is 4.80. The fourth-order valence-corrected chi connectivity index (χ4v) is 4.80. The second kappa shape index (κ2) is 9.10. The molecule has 2 N–H and O–H groups in total. The third-order valence-electron chi connectivity index (χ3n) is 6.05. The van der Waals surface area contributed by atoms with Crippen LogP contribution in [-0.4, -0.2) is 17.7 Å². The molecule has 1 heterocycles. The van der Waals surface area contributed by atoms with Gasteiger partial charge in [-0.1, -0.05) is 30.0 Å². The Hall–Kier alpha value is -2.80. The SMILES string of the molecule is Cc1cc2ccc(C#CC(C)(C)N)cc2c(-c2ccc3c(c2)CCCO3)c1C(C)OC(C)(C)C. The third kappa shape index (κ3) is 5.46. The molecule has 0 aromatic heterocycles.